The van der Waals surface area contributed by atoms with Gasteiger partial charge in [-0.25, -0.2) is 0 Å². The Balaban J connectivity index is 1.72. The summed E-state index contributed by atoms with van der Waals surface area (Å²) < 4.78 is 5.79. The molecule has 1 fully saturated rings. The number of ether oxygens (including phenoxy) is 1. The molecule has 1 aliphatic heterocycles. The first-order chi connectivity index (χ1) is 16.7. The number of likely N-dealkylation sites (tertiary alicyclic amines) is 1. The van der Waals surface area contributed by atoms with Gasteiger partial charge >= 0.3 is 0 Å². The maximum Gasteiger partial charge on any atom is 0.254 e. The van der Waals surface area contributed by atoms with E-state index in [1.165, 1.54) is 0 Å². The summed E-state index contributed by atoms with van der Waals surface area (Å²) in [4.78, 5) is 32.7. The number of amidine groups is 1. The first-order valence-corrected chi connectivity index (χ1v) is 11.3. The Morgan fingerprint density at radius 1 is 1.06 bits per heavy atom. The maximum absolute atomic E-state index is 12.4. The topological polar surface area (TPSA) is 140 Å². The standard InChI is InChI=1S/C26H32N6O3/c1-31(2)15-6-9-22(33)32-16-14-19(17-32)30-25(28)23(26(29)34)24(27)18-10-12-21(13-11-18)35-20-7-4-3-5-8-20/h3-13,19H,14-17,27H2,1-2H3,(H2,28,30)(H2,29,34)/b9-6+,24-23?. The molecule has 3 rings (SSSR count). The van der Waals surface area contributed by atoms with E-state index < -0.39 is 5.91 Å². The van der Waals surface area contributed by atoms with Gasteiger partial charge in [0, 0.05) is 25.7 Å². The molecule has 0 spiro atoms. The van der Waals surface area contributed by atoms with Gasteiger partial charge in [-0.2, -0.15) is 0 Å². The molecule has 9 nitrogen and oxygen atoms in total. The molecule has 0 bridgehead atoms. The van der Waals surface area contributed by atoms with Crippen LogP contribution in [0.3, 0.4) is 0 Å². The molecule has 6 N–H and O–H groups in total. The van der Waals surface area contributed by atoms with Gasteiger partial charge < -0.3 is 31.7 Å². The number of benzene rings is 2. The molecule has 0 aliphatic carbocycles. The summed E-state index contributed by atoms with van der Waals surface area (Å²) >= 11 is 0. The number of para-hydroxylation sites is 1. The third-order valence-electron chi connectivity index (χ3n) is 5.44. The van der Waals surface area contributed by atoms with Gasteiger partial charge in [0.15, 0.2) is 0 Å². The van der Waals surface area contributed by atoms with Crippen molar-refractivity contribution in [3.63, 3.8) is 0 Å². The van der Waals surface area contributed by atoms with E-state index in [-0.39, 0.29) is 29.1 Å². The van der Waals surface area contributed by atoms with E-state index in [2.05, 4.69) is 4.99 Å². The fourth-order valence-corrected chi connectivity index (χ4v) is 3.65. The maximum atomic E-state index is 12.4. The SMILES string of the molecule is CN(C)C/C=C/C(=O)N1CCC(N=C(N)C(C(N)=O)=C(N)c2ccc(Oc3ccccc3)cc2)C1. The van der Waals surface area contributed by atoms with Crippen LogP contribution in [0, 0.1) is 0 Å². The van der Waals surface area contributed by atoms with E-state index in [0.717, 1.165) is 0 Å². The largest absolute Gasteiger partial charge is 0.457 e. The molecule has 184 valence electrons. The Labute approximate surface area is 205 Å². The van der Waals surface area contributed by atoms with E-state index in [1.54, 1.807) is 35.2 Å². The van der Waals surface area contributed by atoms with Crippen molar-refractivity contribution in [2.45, 2.75) is 12.5 Å². The molecule has 1 heterocycles. The molecule has 0 radical (unpaired) electrons. The Hall–Kier alpha value is -4.11. The van der Waals surface area contributed by atoms with E-state index in [9.17, 15) is 9.59 Å². The quantitative estimate of drug-likeness (QED) is 0.286. The van der Waals surface area contributed by atoms with E-state index in [4.69, 9.17) is 21.9 Å². The van der Waals surface area contributed by atoms with Gasteiger partial charge in [-0.15, -0.1) is 0 Å². The monoisotopic (exact) mass is 476 g/mol. The highest BCUT2D eigenvalue weighted by Gasteiger charge is 2.26. The van der Waals surface area contributed by atoms with Gasteiger partial charge in [0.05, 0.1) is 11.7 Å². The van der Waals surface area contributed by atoms with Crippen molar-refractivity contribution >= 4 is 23.3 Å². The number of carbonyl (C=O) groups excluding carboxylic acids is 2. The molecule has 9 heteroatoms. The van der Waals surface area contributed by atoms with Gasteiger partial charge in [0.2, 0.25) is 5.91 Å². The van der Waals surface area contributed by atoms with E-state index in [0.29, 0.717) is 43.1 Å². The van der Waals surface area contributed by atoms with Crippen molar-refractivity contribution in [1.82, 2.24) is 9.80 Å². The summed E-state index contributed by atoms with van der Waals surface area (Å²) in [6.45, 7) is 1.64. The molecule has 1 aliphatic rings. The zero-order valence-electron chi connectivity index (χ0n) is 20.1. The van der Waals surface area contributed by atoms with Gasteiger partial charge in [-0.3, -0.25) is 14.6 Å². The highest BCUT2D eigenvalue weighted by Crippen LogP contribution is 2.24. The number of hydrogen-bond donors (Lipinski definition) is 3. The lowest BCUT2D eigenvalue weighted by Crippen LogP contribution is -2.32. The molecule has 2 aromatic rings. The molecule has 1 atom stereocenters. The summed E-state index contributed by atoms with van der Waals surface area (Å²) in [5.41, 5.74) is 18.7. The van der Waals surface area contributed by atoms with Crippen molar-refractivity contribution in [1.29, 1.82) is 0 Å². The van der Waals surface area contributed by atoms with Crippen LogP contribution >= 0.6 is 0 Å². The lowest BCUT2D eigenvalue weighted by Gasteiger charge is -2.14. The molecule has 35 heavy (non-hydrogen) atoms. The Morgan fingerprint density at radius 3 is 2.34 bits per heavy atom. The Morgan fingerprint density at radius 2 is 1.71 bits per heavy atom. The third kappa shape index (κ3) is 7.18. The van der Waals surface area contributed by atoms with Gasteiger partial charge in [-0.05, 0) is 62.5 Å². The number of nitrogens with zero attached hydrogens (tertiary/aromatic N) is 3. The number of rotatable bonds is 9. The number of carbonyl (C=O) groups is 2. The van der Waals surface area contributed by atoms with Crippen molar-refractivity contribution in [3.05, 3.63) is 77.9 Å². The van der Waals surface area contributed by atoms with Crippen molar-refractivity contribution in [3.8, 4) is 11.5 Å². The number of aliphatic imine (C=N–C) groups is 1. The van der Waals surface area contributed by atoms with Crippen LogP contribution in [0.5, 0.6) is 11.5 Å². The first kappa shape index (κ1) is 25.5. The summed E-state index contributed by atoms with van der Waals surface area (Å²) in [6, 6.07) is 16.1. The van der Waals surface area contributed by atoms with Crippen LogP contribution in [0.4, 0.5) is 0 Å². The zero-order chi connectivity index (χ0) is 25.4. The fourth-order valence-electron chi connectivity index (χ4n) is 3.65. The van der Waals surface area contributed by atoms with Crippen molar-refractivity contribution < 1.29 is 14.3 Å². The van der Waals surface area contributed by atoms with E-state index in [1.807, 2.05) is 55.4 Å². The Kier molecular flexibility index (Phi) is 8.63. The molecule has 2 aromatic carbocycles. The fraction of sp³-hybridized carbons (Fsp3) is 0.269. The minimum absolute atomic E-state index is 0.0398. The summed E-state index contributed by atoms with van der Waals surface area (Å²) in [6.07, 6.45) is 4.01. The lowest BCUT2D eigenvalue weighted by atomic mass is 10.0. The predicted octanol–water partition coefficient (Wildman–Crippen LogP) is 1.71. The molecule has 0 saturated carbocycles. The van der Waals surface area contributed by atoms with Gasteiger partial charge in [0.25, 0.3) is 5.91 Å². The lowest BCUT2D eigenvalue weighted by molar-refractivity contribution is -0.125. The average molecular weight is 477 g/mol. The van der Waals surface area contributed by atoms with Crippen LogP contribution in [0.25, 0.3) is 5.70 Å². The van der Waals surface area contributed by atoms with Crippen LogP contribution in [-0.2, 0) is 9.59 Å². The first-order valence-electron chi connectivity index (χ1n) is 11.3. The molecule has 0 aromatic heterocycles. The second kappa shape index (κ2) is 11.8. The zero-order valence-corrected chi connectivity index (χ0v) is 20.1. The van der Waals surface area contributed by atoms with Crippen LogP contribution in [0.2, 0.25) is 0 Å². The second-order valence-corrected chi connectivity index (χ2v) is 8.50. The van der Waals surface area contributed by atoms with E-state index >= 15 is 0 Å². The number of likely N-dealkylation sites (N-methyl/N-ethyl adjacent to an activating group) is 1. The number of amides is 2. The van der Waals surface area contributed by atoms with Gasteiger partial charge in [-0.1, -0.05) is 24.3 Å². The van der Waals surface area contributed by atoms with Crippen LogP contribution in [0.1, 0.15) is 12.0 Å². The minimum atomic E-state index is -0.772. The predicted molar refractivity (Wildman–Crippen MR) is 138 cm³/mol. The molecular formula is C26H32N6O3. The number of primary amides is 1. The molecule has 1 unspecified atom stereocenters. The molecular weight excluding hydrogens is 444 g/mol. The molecule has 1 saturated heterocycles. The Bertz CT molecular complexity index is 1120. The van der Waals surface area contributed by atoms with Crippen LogP contribution < -0.4 is 21.9 Å². The van der Waals surface area contributed by atoms with Crippen molar-refractivity contribution in [2.75, 3.05) is 33.7 Å². The highest BCUT2D eigenvalue weighted by atomic mass is 16.5. The summed E-state index contributed by atoms with van der Waals surface area (Å²) in [7, 11) is 3.86. The second-order valence-electron chi connectivity index (χ2n) is 8.50. The van der Waals surface area contributed by atoms with Crippen molar-refractivity contribution in [2.24, 2.45) is 22.2 Å². The summed E-state index contributed by atoms with van der Waals surface area (Å²) in [5, 5.41) is 0. The number of nitrogens with two attached hydrogens (primary N) is 3. The van der Waals surface area contributed by atoms with Gasteiger partial charge in [0.1, 0.15) is 22.9 Å². The molecule has 2 amide bonds. The van der Waals surface area contributed by atoms with Crippen LogP contribution in [-0.4, -0.2) is 67.2 Å². The number of hydrogen-bond acceptors (Lipinski definition) is 6. The highest BCUT2D eigenvalue weighted by molar-refractivity contribution is 6.24. The third-order valence-corrected chi connectivity index (χ3v) is 5.44. The smallest absolute Gasteiger partial charge is 0.254 e. The minimum Gasteiger partial charge on any atom is -0.457 e. The summed E-state index contributed by atoms with van der Waals surface area (Å²) in [5.74, 6) is 0.430. The van der Waals surface area contributed by atoms with Crippen LogP contribution in [0.15, 0.2) is 77.3 Å². The average Bonchev–Trinajstić information content (AvgIpc) is 3.28. The normalized spacial score (nSPS) is 17.1.